The van der Waals surface area contributed by atoms with Gasteiger partial charge in [0.05, 0.1) is 16.8 Å². The number of hydrogen-bond donors (Lipinski definition) is 2. The number of phenolic OH excluding ortho intramolecular Hbond substituents is 1. The van der Waals surface area contributed by atoms with Crippen molar-refractivity contribution in [1.29, 1.82) is 0 Å². The number of halogens is 1. The van der Waals surface area contributed by atoms with Crippen molar-refractivity contribution in [2.45, 2.75) is 19.8 Å². The van der Waals surface area contributed by atoms with Gasteiger partial charge in [0.15, 0.2) is 0 Å². The highest BCUT2D eigenvalue weighted by Crippen LogP contribution is 2.27. The Morgan fingerprint density at radius 1 is 1.12 bits per heavy atom. The largest absolute Gasteiger partial charge is 0.507 e. The molecule has 0 spiro atoms. The Morgan fingerprint density at radius 2 is 1.84 bits per heavy atom. The van der Waals surface area contributed by atoms with E-state index < -0.39 is 5.91 Å². The van der Waals surface area contributed by atoms with Crippen molar-refractivity contribution in [2.24, 2.45) is 0 Å². The number of likely N-dealkylation sites (tertiary alicyclic amines) is 1. The number of aryl methyl sites for hydroxylation is 1. The highest BCUT2D eigenvalue weighted by Gasteiger charge is 2.23. The molecule has 1 aliphatic rings. The molecule has 1 fully saturated rings. The highest BCUT2D eigenvalue weighted by molar-refractivity contribution is 6.31. The maximum absolute atomic E-state index is 12.7. The van der Waals surface area contributed by atoms with Gasteiger partial charge in [-0.3, -0.25) is 9.59 Å². The molecule has 25 heavy (non-hydrogen) atoms. The SMILES string of the molecule is Cc1cccc(C(=O)Nc2ccc(Cl)cc2C(=O)N2CCCC2)c1O. The summed E-state index contributed by atoms with van der Waals surface area (Å²) in [6.45, 7) is 3.13. The lowest BCUT2D eigenvalue weighted by Crippen LogP contribution is -2.29. The van der Waals surface area contributed by atoms with Crippen LogP contribution in [-0.4, -0.2) is 34.9 Å². The number of anilines is 1. The first kappa shape index (κ1) is 17.3. The Labute approximate surface area is 151 Å². The summed E-state index contributed by atoms with van der Waals surface area (Å²) in [6.07, 6.45) is 1.95. The Hall–Kier alpha value is -2.53. The first-order chi connectivity index (χ1) is 12.0. The number of rotatable bonds is 3. The quantitative estimate of drug-likeness (QED) is 0.875. The summed E-state index contributed by atoms with van der Waals surface area (Å²) in [5.74, 6) is -0.691. The molecular formula is C19H19ClN2O3. The zero-order valence-corrected chi connectivity index (χ0v) is 14.6. The van der Waals surface area contributed by atoms with Crippen LogP contribution in [0.4, 0.5) is 5.69 Å². The van der Waals surface area contributed by atoms with Crippen LogP contribution in [0.3, 0.4) is 0 Å². The average molecular weight is 359 g/mol. The van der Waals surface area contributed by atoms with Gasteiger partial charge in [0.25, 0.3) is 11.8 Å². The van der Waals surface area contributed by atoms with E-state index in [9.17, 15) is 14.7 Å². The van der Waals surface area contributed by atoms with Crippen molar-refractivity contribution in [3.05, 3.63) is 58.1 Å². The van der Waals surface area contributed by atoms with E-state index in [4.69, 9.17) is 11.6 Å². The van der Waals surface area contributed by atoms with Crippen molar-refractivity contribution in [3.63, 3.8) is 0 Å². The molecule has 0 unspecified atom stereocenters. The summed E-state index contributed by atoms with van der Waals surface area (Å²) in [7, 11) is 0. The molecule has 1 heterocycles. The number of carbonyl (C=O) groups excluding carboxylic acids is 2. The fourth-order valence-corrected chi connectivity index (χ4v) is 3.10. The second kappa shape index (κ2) is 7.15. The van der Waals surface area contributed by atoms with E-state index >= 15 is 0 Å². The minimum absolute atomic E-state index is 0.0682. The second-order valence-electron chi connectivity index (χ2n) is 6.11. The maximum atomic E-state index is 12.7. The number of nitrogens with zero attached hydrogens (tertiary/aromatic N) is 1. The Bertz CT molecular complexity index is 829. The molecule has 1 saturated heterocycles. The van der Waals surface area contributed by atoms with Gasteiger partial charge in [0, 0.05) is 18.1 Å². The van der Waals surface area contributed by atoms with Gasteiger partial charge in [-0.2, -0.15) is 0 Å². The predicted octanol–water partition coefficient (Wildman–Crippen LogP) is 3.84. The van der Waals surface area contributed by atoms with Crippen molar-refractivity contribution < 1.29 is 14.7 Å². The van der Waals surface area contributed by atoms with Crippen LogP contribution < -0.4 is 5.32 Å². The molecule has 2 N–H and O–H groups in total. The molecule has 6 heteroatoms. The minimum atomic E-state index is -0.473. The standard InChI is InChI=1S/C19H19ClN2O3/c1-12-5-4-6-14(17(12)23)18(24)21-16-8-7-13(20)11-15(16)19(25)22-9-2-3-10-22/h4-8,11,23H,2-3,9-10H2,1H3,(H,21,24). The molecule has 0 atom stereocenters. The van der Waals surface area contributed by atoms with Crippen LogP contribution in [0, 0.1) is 6.92 Å². The van der Waals surface area contributed by atoms with Crippen LogP contribution in [0.25, 0.3) is 0 Å². The van der Waals surface area contributed by atoms with E-state index in [1.807, 2.05) is 0 Å². The molecule has 0 saturated carbocycles. The van der Waals surface area contributed by atoms with Crippen molar-refractivity contribution in [2.75, 3.05) is 18.4 Å². The molecule has 2 aromatic carbocycles. The Kier molecular flexibility index (Phi) is 4.95. The zero-order chi connectivity index (χ0) is 18.0. The first-order valence-electron chi connectivity index (χ1n) is 8.16. The van der Waals surface area contributed by atoms with Crippen LogP contribution in [0.15, 0.2) is 36.4 Å². The highest BCUT2D eigenvalue weighted by atomic mass is 35.5. The van der Waals surface area contributed by atoms with Gasteiger partial charge in [-0.1, -0.05) is 23.7 Å². The van der Waals surface area contributed by atoms with Crippen LogP contribution >= 0.6 is 11.6 Å². The third-order valence-corrected chi connectivity index (χ3v) is 4.57. The molecule has 1 aliphatic heterocycles. The molecule has 2 aromatic rings. The van der Waals surface area contributed by atoms with Crippen molar-refractivity contribution in [3.8, 4) is 5.75 Å². The van der Waals surface area contributed by atoms with Crippen LogP contribution in [0.2, 0.25) is 5.02 Å². The molecule has 130 valence electrons. The van der Waals surface area contributed by atoms with Crippen LogP contribution in [0.1, 0.15) is 39.1 Å². The van der Waals surface area contributed by atoms with E-state index in [0.29, 0.717) is 34.9 Å². The second-order valence-corrected chi connectivity index (χ2v) is 6.55. The molecule has 0 aromatic heterocycles. The number of aromatic hydroxyl groups is 1. The van der Waals surface area contributed by atoms with Gasteiger partial charge in [-0.05, 0) is 49.6 Å². The van der Waals surface area contributed by atoms with Gasteiger partial charge in [-0.15, -0.1) is 0 Å². The van der Waals surface area contributed by atoms with E-state index in [0.717, 1.165) is 12.8 Å². The molecule has 5 nitrogen and oxygen atoms in total. The monoisotopic (exact) mass is 358 g/mol. The van der Waals surface area contributed by atoms with E-state index in [2.05, 4.69) is 5.32 Å². The maximum Gasteiger partial charge on any atom is 0.259 e. The Balaban J connectivity index is 1.90. The van der Waals surface area contributed by atoms with E-state index in [1.54, 1.807) is 42.2 Å². The molecule has 0 aliphatic carbocycles. The van der Waals surface area contributed by atoms with Gasteiger partial charge in [0.1, 0.15) is 5.75 Å². The molecule has 2 amide bonds. The van der Waals surface area contributed by atoms with Crippen LogP contribution in [0.5, 0.6) is 5.75 Å². The van der Waals surface area contributed by atoms with E-state index in [-0.39, 0.29) is 17.2 Å². The van der Waals surface area contributed by atoms with Crippen LogP contribution in [-0.2, 0) is 0 Å². The Morgan fingerprint density at radius 3 is 2.56 bits per heavy atom. The van der Waals surface area contributed by atoms with Crippen molar-refractivity contribution >= 4 is 29.1 Å². The summed E-state index contributed by atoms with van der Waals surface area (Å²) < 4.78 is 0. The minimum Gasteiger partial charge on any atom is -0.507 e. The number of para-hydroxylation sites is 1. The lowest BCUT2D eigenvalue weighted by atomic mass is 10.1. The molecule has 0 bridgehead atoms. The fourth-order valence-electron chi connectivity index (χ4n) is 2.92. The number of phenols is 1. The number of amides is 2. The van der Waals surface area contributed by atoms with E-state index in [1.165, 1.54) is 6.07 Å². The fraction of sp³-hybridized carbons (Fsp3) is 0.263. The summed E-state index contributed by atoms with van der Waals surface area (Å²) >= 11 is 6.04. The first-order valence-corrected chi connectivity index (χ1v) is 8.54. The summed E-state index contributed by atoms with van der Waals surface area (Å²) in [4.78, 5) is 27.0. The normalized spacial score (nSPS) is 13.8. The lowest BCUT2D eigenvalue weighted by molar-refractivity contribution is 0.0794. The van der Waals surface area contributed by atoms with Crippen molar-refractivity contribution in [1.82, 2.24) is 4.90 Å². The smallest absolute Gasteiger partial charge is 0.259 e. The third kappa shape index (κ3) is 3.61. The summed E-state index contributed by atoms with van der Waals surface area (Å²) in [6, 6.07) is 9.74. The number of carbonyl (C=O) groups is 2. The third-order valence-electron chi connectivity index (χ3n) is 4.34. The molecule has 0 radical (unpaired) electrons. The van der Waals surface area contributed by atoms with Gasteiger partial charge in [-0.25, -0.2) is 0 Å². The molecule has 3 rings (SSSR count). The van der Waals surface area contributed by atoms with Gasteiger partial charge < -0.3 is 15.3 Å². The average Bonchev–Trinajstić information content (AvgIpc) is 3.12. The van der Waals surface area contributed by atoms with Gasteiger partial charge >= 0.3 is 0 Å². The number of hydrogen-bond acceptors (Lipinski definition) is 3. The summed E-state index contributed by atoms with van der Waals surface area (Å²) in [5.41, 5.74) is 1.51. The number of benzene rings is 2. The summed E-state index contributed by atoms with van der Waals surface area (Å²) in [5, 5.41) is 13.2. The predicted molar refractivity (Wildman–Crippen MR) is 97.4 cm³/mol. The zero-order valence-electron chi connectivity index (χ0n) is 13.9. The molecular weight excluding hydrogens is 340 g/mol. The number of nitrogens with one attached hydrogen (secondary N) is 1. The lowest BCUT2D eigenvalue weighted by Gasteiger charge is -2.18. The van der Waals surface area contributed by atoms with Gasteiger partial charge in [0.2, 0.25) is 0 Å². The topological polar surface area (TPSA) is 69.6 Å².